The SMILES string of the molecule is Cc1cccc(CN=NN)c1C#N. The third kappa shape index (κ3) is 2.03. The molecule has 4 heteroatoms. The van der Waals surface area contributed by atoms with Crippen molar-refractivity contribution >= 4 is 0 Å². The highest BCUT2D eigenvalue weighted by Crippen LogP contribution is 2.13. The van der Waals surface area contributed by atoms with Crippen LogP contribution in [0.3, 0.4) is 0 Å². The smallest absolute Gasteiger partial charge is 0.0998 e. The van der Waals surface area contributed by atoms with Crippen molar-refractivity contribution in [2.75, 3.05) is 0 Å². The Morgan fingerprint density at radius 3 is 2.92 bits per heavy atom. The number of nitriles is 1. The Labute approximate surface area is 76.7 Å². The van der Waals surface area contributed by atoms with Gasteiger partial charge in [-0.05, 0) is 18.1 Å². The van der Waals surface area contributed by atoms with Gasteiger partial charge in [-0.1, -0.05) is 23.4 Å². The molecular weight excluding hydrogens is 164 g/mol. The lowest BCUT2D eigenvalue weighted by Crippen LogP contribution is -1.91. The summed E-state index contributed by atoms with van der Waals surface area (Å²) in [7, 11) is 0. The standard InChI is InChI=1S/C9H10N4/c1-7-3-2-4-8(6-12-13-11)9(7)5-10/h2-4H,6H2,1H3,(H2,11,12). The molecule has 0 atom stereocenters. The summed E-state index contributed by atoms with van der Waals surface area (Å²) in [6.45, 7) is 2.25. The topological polar surface area (TPSA) is 74.5 Å². The van der Waals surface area contributed by atoms with Crippen molar-refractivity contribution in [3.8, 4) is 6.07 Å². The molecule has 0 aliphatic carbocycles. The molecule has 66 valence electrons. The van der Waals surface area contributed by atoms with E-state index in [9.17, 15) is 0 Å². The van der Waals surface area contributed by atoms with E-state index in [2.05, 4.69) is 16.4 Å². The highest BCUT2D eigenvalue weighted by molar-refractivity contribution is 5.43. The van der Waals surface area contributed by atoms with E-state index in [0.717, 1.165) is 11.1 Å². The molecule has 0 heterocycles. The fraction of sp³-hybridized carbons (Fsp3) is 0.222. The summed E-state index contributed by atoms with van der Waals surface area (Å²) >= 11 is 0. The van der Waals surface area contributed by atoms with Crippen LogP contribution in [0.4, 0.5) is 0 Å². The average molecular weight is 174 g/mol. The van der Waals surface area contributed by atoms with Crippen molar-refractivity contribution in [1.29, 1.82) is 5.26 Å². The Balaban J connectivity index is 3.07. The van der Waals surface area contributed by atoms with E-state index in [1.165, 1.54) is 0 Å². The van der Waals surface area contributed by atoms with Gasteiger partial charge in [-0.3, -0.25) is 0 Å². The summed E-state index contributed by atoms with van der Waals surface area (Å²) in [6, 6.07) is 7.75. The maximum atomic E-state index is 8.85. The monoisotopic (exact) mass is 174 g/mol. The molecule has 0 radical (unpaired) electrons. The molecule has 0 spiro atoms. The van der Waals surface area contributed by atoms with Crippen LogP contribution in [0.1, 0.15) is 16.7 Å². The molecule has 0 saturated heterocycles. The summed E-state index contributed by atoms with van der Waals surface area (Å²) in [5, 5.41) is 15.6. The molecule has 0 saturated carbocycles. The zero-order valence-corrected chi connectivity index (χ0v) is 7.36. The van der Waals surface area contributed by atoms with Crippen molar-refractivity contribution < 1.29 is 0 Å². The predicted octanol–water partition coefficient (Wildman–Crippen LogP) is 1.69. The van der Waals surface area contributed by atoms with E-state index in [1.54, 1.807) is 0 Å². The van der Waals surface area contributed by atoms with Crippen LogP contribution in [0.15, 0.2) is 28.5 Å². The van der Waals surface area contributed by atoms with Crippen LogP contribution < -0.4 is 5.84 Å². The molecule has 0 aliphatic rings. The molecule has 0 fully saturated rings. The first-order valence-corrected chi connectivity index (χ1v) is 3.85. The first-order chi connectivity index (χ1) is 6.29. The van der Waals surface area contributed by atoms with E-state index in [4.69, 9.17) is 11.1 Å². The Morgan fingerprint density at radius 2 is 2.31 bits per heavy atom. The van der Waals surface area contributed by atoms with Gasteiger partial charge in [-0.25, -0.2) is 0 Å². The largest absolute Gasteiger partial charge is 0.305 e. The summed E-state index contributed by atoms with van der Waals surface area (Å²) in [4.78, 5) is 0. The maximum Gasteiger partial charge on any atom is 0.0998 e. The molecular formula is C9H10N4. The highest BCUT2D eigenvalue weighted by Gasteiger charge is 2.02. The van der Waals surface area contributed by atoms with Crippen molar-refractivity contribution in [3.05, 3.63) is 34.9 Å². The first kappa shape index (κ1) is 9.20. The quantitative estimate of drug-likeness (QED) is 0.421. The van der Waals surface area contributed by atoms with Crippen LogP contribution in [0, 0.1) is 18.3 Å². The molecule has 0 aliphatic heterocycles. The summed E-state index contributed by atoms with van der Waals surface area (Å²) < 4.78 is 0. The van der Waals surface area contributed by atoms with Gasteiger partial charge in [0.05, 0.1) is 18.2 Å². The lowest BCUT2D eigenvalue weighted by atomic mass is 10.0. The average Bonchev–Trinajstić information content (AvgIpc) is 2.15. The Hall–Kier alpha value is -1.89. The fourth-order valence-corrected chi connectivity index (χ4v) is 1.14. The minimum absolute atomic E-state index is 0.362. The Morgan fingerprint density at radius 1 is 1.54 bits per heavy atom. The van der Waals surface area contributed by atoms with Crippen molar-refractivity contribution in [2.45, 2.75) is 13.5 Å². The van der Waals surface area contributed by atoms with E-state index in [1.807, 2.05) is 25.1 Å². The Bertz CT molecular complexity index is 362. The second kappa shape index (κ2) is 4.21. The van der Waals surface area contributed by atoms with Gasteiger partial charge in [0.1, 0.15) is 0 Å². The number of hydrogen-bond acceptors (Lipinski definition) is 3. The maximum absolute atomic E-state index is 8.85. The molecule has 2 N–H and O–H groups in total. The molecule has 13 heavy (non-hydrogen) atoms. The predicted molar refractivity (Wildman–Crippen MR) is 48.6 cm³/mol. The van der Waals surface area contributed by atoms with E-state index < -0.39 is 0 Å². The molecule has 0 amide bonds. The van der Waals surface area contributed by atoms with Gasteiger partial charge in [0.25, 0.3) is 0 Å². The second-order valence-corrected chi connectivity index (χ2v) is 2.64. The van der Waals surface area contributed by atoms with Crippen molar-refractivity contribution in [2.24, 2.45) is 16.2 Å². The number of hydrogen-bond donors (Lipinski definition) is 1. The third-order valence-electron chi connectivity index (χ3n) is 1.79. The number of nitrogens with zero attached hydrogens (tertiary/aromatic N) is 3. The van der Waals surface area contributed by atoms with Crippen molar-refractivity contribution in [3.63, 3.8) is 0 Å². The first-order valence-electron chi connectivity index (χ1n) is 3.85. The van der Waals surface area contributed by atoms with Gasteiger partial charge in [0.2, 0.25) is 0 Å². The number of aryl methyl sites for hydroxylation is 1. The zero-order chi connectivity index (χ0) is 9.68. The number of rotatable bonds is 2. The van der Waals surface area contributed by atoms with Crippen LogP contribution >= 0.6 is 0 Å². The van der Waals surface area contributed by atoms with E-state index in [-0.39, 0.29) is 0 Å². The van der Waals surface area contributed by atoms with Crippen LogP contribution in [-0.2, 0) is 6.54 Å². The van der Waals surface area contributed by atoms with Gasteiger partial charge in [0.15, 0.2) is 0 Å². The Kier molecular flexibility index (Phi) is 2.98. The van der Waals surface area contributed by atoms with Gasteiger partial charge >= 0.3 is 0 Å². The third-order valence-corrected chi connectivity index (χ3v) is 1.79. The van der Waals surface area contributed by atoms with Crippen LogP contribution in [-0.4, -0.2) is 0 Å². The molecule has 1 aromatic rings. The van der Waals surface area contributed by atoms with Crippen LogP contribution in [0.25, 0.3) is 0 Å². The zero-order valence-electron chi connectivity index (χ0n) is 7.36. The summed E-state index contributed by atoms with van der Waals surface area (Å²) in [5.41, 5.74) is 2.47. The lowest BCUT2D eigenvalue weighted by molar-refractivity contribution is 0.889. The van der Waals surface area contributed by atoms with Gasteiger partial charge in [-0.2, -0.15) is 10.4 Å². The van der Waals surface area contributed by atoms with Gasteiger partial charge < -0.3 is 5.84 Å². The summed E-state index contributed by atoms with van der Waals surface area (Å²) in [5.74, 6) is 4.88. The number of benzene rings is 1. The fourth-order valence-electron chi connectivity index (χ4n) is 1.14. The summed E-state index contributed by atoms with van der Waals surface area (Å²) in [6.07, 6.45) is 0. The molecule has 0 bridgehead atoms. The minimum atomic E-state index is 0.362. The minimum Gasteiger partial charge on any atom is -0.305 e. The molecule has 0 aromatic heterocycles. The molecule has 4 nitrogen and oxygen atoms in total. The second-order valence-electron chi connectivity index (χ2n) is 2.64. The highest BCUT2D eigenvalue weighted by atomic mass is 15.3. The molecule has 1 aromatic carbocycles. The van der Waals surface area contributed by atoms with E-state index in [0.29, 0.717) is 12.1 Å². The normalized spacial score (nSPS) is 10.2. The van der Waals surface area contributed by atoms with Crippen LogP contribution in [0.5, 0.6) is 0 Å². The van der Waals surface area contributed by atoms with Gasteiger partial charge in [-0.15, -0.1) is 0 Å². The molecule has 1 rings (SSSR count). The van der Waals surface area contributed by atoms with Crippen molar-refractivity contribution in [1.82, 2.24) is 0 Å². The number of nitrogens with two attached hydrogens (primary N) is 1. The molecule has 0 unspecified atom stereocenters. The lowest BCUT2D eigenvalue weighted by Gasteiger charge is -2.01. The van der Waals surface area contributed by atoms with Crippen LogP contribution in [0.2, 0.25) is 0 Å². The van der Waals surface area contributed by atoms with E-state index >= 15 is 0 Å². The van der Waals surface area contributed by atoms with Gasteiger partial charge in [0, 0.05) is 0 Å².